The third-order valence-corrected chi connectivity index (χ3v) is 2.44. The molecule has 0 aliphatic carbocycles. The molecule has 0 saturated carbocycles. The molecule has 1 aromatic rings. The summed E-state index contributed by atoms with van der Waals surface area (Å²) in [5.74, 6) is 0.0247. The van der Waals surface area contributed by atoms with E-state index >= 15 is 0 Å². The minimum atomic E-state index is 0.0247. The van der Waals surface area contributed by atoms with Crippen molar-refractivity contribution in [1.29, 1.82) is 0 Å². The van der Waals surface area contributed by atoms with Gasteiger partial charge in [-0.3, -0.25) is 4.79 Å². The largest absolute Gasteiger partial charge is 0.339 e. The van der Waals surface area contributed by atoms with Gasteiger partial charge < -0.3 is 4.90 Å². The summed E-state index contributed by atoms with van der Waals surface area (Å²) in [6.45, 7) is 3.96. The molecule has 1 amide bonds. The van der Waals surface area contributed by atoms with Gasteiger partial charge in [-0.15, -0.1) is 0 Å². The highest BCUT2D eigenvalue weighted by molar-refractivity contribution is 6.30. The van der Waals surface area contributed by atoms with Gasteiger partial charge in [-0.1, -0.05) is 11.6 Å². The number of halogens is 1. The molecular formula is C11H14ClNO. The van der Waals surface area contributed by atoms with E-state index in [0.29, 0.717) is 10.6 Å². The number of hydrogen-bond donors (Lipinski definition) is 0. The van der Waals surface area contributed by atoms with Gasteiger partial charge in [0.1, 0.15) is 0 Å². The molecule has 3 heteroatoms. The van der Waals surface area contributed by atoms with E-state index in [1.165, 1.54) is 0 Å². The Hall–Kier alpha value is -1.02. The van der Waals surface area contributed by atoms with Crippen molar-refractivity contribution in [2.75, 3.05) is 7.05 Å². The second-order valence-corrected chi connectivity index (χ2v) is 3.95. The van der Waals surface area contributed by atoms with Crippen LogP contribution in [0.4, 0.5) is 0 Å². The molecule has 0 unspecified atom stereocenters. The average Bonchev–Trinajstić information content (AvgIpc) is 2.16. The molecule has 0 aliphatic heterocycles. The number of nitrogens with zero attached hydrogens (tertiary/aromatic N) is 1. The van der Waals surface area contributed by atoms with Gasteiger partial charge in [0, 0.05) is 23.7 Å². The zero-order valence-electron chi connectivity index (χ0n) is 8.62. The van der Waals surface area contributed by atoms with E-state index in [2.05, 4.69) is 0 Å². The predicted molar refractivity (Wildman–Crippen MR) is 58.7 cm³/mol. The maximum atomic E-state index is 11.8. The first kappa shape index (κ1) is 11.1. The minimum Gasteiger partial charge on any atom is -0.339 e. The Bertz CT molecular complexity index is 319. The molecule has 0 aliphatic rings. The second-order valence-electron chi connectivity index (χ2n) is 3.52. The van der Waals surface area contributed by atoms with Crippen molar-refractivity contribution in [3.63, 3.8) is 0 Å². The first-order valence-electron chi connectivity index (χ1n) is 4.55. The Kier molecular flexibility index (Phi) is 3.53. The molecule has 0 radical (unpaired) electrons. The van der Waals surface area contributed by atoms with Crippen molar-refractivity contribution >= 4 is 17.5 Å². The molecule has 0 heterocycles. The van der Waals surface area contributed by atoms with E-state index in [1.807, 2.05) is 13.8 Å². The third kappa shape index (κ3) is 2.48. The molecule has 0 aromatic heterocycles. The van der Waals surface area contributed by atoms with Crippen LogP contribution in [0.15, 0.2) is 24.3 Å². The summed E-state index contributed by atoms with van der Waals surface area (Å²) in [6, 6.07) is 7.14. The van der Waals surface area contributed by atoms with Crippen LogP contribution < -0.4 is 0 Å². The highest BCUT2D eigenvalue weighted by atomic mass is 35.5. The van der Waals surface area contributed by atoms with E-state index in [4.69, 9.17) is 11.6 Å². The minimum absolute atomic E-state index is 0.0247. The standard InChI is InChI=1S/C11H14ClNO/c1-8(2)13(3)11(14)9-4-6-10(12)7-5-9/h4-8H,1-3H3. The molecule has 0 bridgehead atoms. The third-order valence-electron chi connectivity index (χ3n) is 2.19. The highest BCUT2D eigenvalue weighted by Crippen LogP contribution is 2.11. The molecular weight excluding hydrogens is 198 g/mol. The van der Waals surface area contributed by atoms with Crippen LogP contribution in [0.25, 0.3) is 0 Å². The summed E-state index contributed by atoms with van der Waals surface area (Å²) >= 11 is 5.73. The second kappa shape index (κ2) is 4.47. The summed E-state index contributed by atoms with van der Waals surface area (Å²) in [4.78, 5) is 13.5. The van der Waals surface area contributed by atoms with Crippen molar-refractivity contribution in [2.45, 2.75) is 19.9 Å². The summed E-state index contributed by atoms with van der Waals surface area (Å²) in [7, 11) is 1.79. The van der Waals surface area contributed by atoms with Crippen LogP contribution >= 0.6 is 11.6 Å². The SMILES string of the molecule is CC(C)N(C)C(=O)c1ccc(Cl)cc1. The van der Waals surface area contributed by atoms with Crippen LogP contribution in [0.3, 0.4) is 0 Å². The lowest BCUT2D eigenvalue weighted by molar-refractivity contribution is 0.0755. The van der Waals surface area contributed by atoms with Gasteiger partial charge in [-0.05, 0) is 38.1 Å². The molecule has 0 N–H and O–H groups in total. The first-order chi connectivity index (χ1) is 6.52. The van der Waals surface area contributed by atoms with Gasteiger partial charge in [-0.2, -0.15) is 0 Å². The van der Waals surface area contributed by atoms with E-state index < -0.39 is 0 Å². The van der Waals surface area contributed by atoms with Crippen LogP contribution in [-0.2, 0) is 0 Å². The molecule has 14 heavy (non-hydrogen) atoms. The van der Waals surface area contributed by atoms with Crippen LogP contribution in [-0.4, -0.2) is 23.9 Å². The zero-order valence-corrected chi connectivity index (χ0v) is 9.38. The Morgan fingerprint density at radius 3 is 2.21 bits per heavy atom. The van der Waals surface area contributed by atoms with Crippen LogP contribution in [0, 0.1) is 0 Å². The van der Waals surface area contributed by atoms with Gasteiger partial charge in [0.25, 0.3) is 5.91 Å². The summed E-state index contributed by atoms with van der Waals surface area (Å²) in [5.41, 5.74) is 0.672. The molecule has 0 saturated heterocycles. The van der Waals surface area contributed by atoms with Gasteiger partial charge >= 0.3 is 0 Å². The monoisotopic (exact) mass is 211 g/mol. The molecule has 1 rings (SSSR count). The Morgan fingerprint density at radius 1 is 1.29 bits per heavy atom. The number of carbonyl (C=O) groups excluding carboxylic acids is 1. The first-order valence-corrected chi connectivity index (χ1v) is 4.93. The van der Waals surface area contributed by atoms with Crippen molar-refractivity contribution in [1.82, 2.24) is 4.90 Å². The zero-order chi connectivity index (χ0) is 10.7. The average molecular weight is 212 g/mol. The number of carbonyl (C=O) groups is 1. The number of amides is 1. The van der Waals surface area contributed by atoms with E-state index in [1.54, 1.807) is 36.2 Å². The summed E-state index contributed by atoms with van der Waals surface area (Å²) in [6.07, 6.45) is 0. The number of rotatable bonds is 2. The number of hydrogen-bond acceptors (Lipinski definition) is 1. The van der Waals surface area contributed by atoms with Crippen LogP contribution in [0.5, 0.6) is 0 Å². The van der Waals surface area contributed by atoms with E-state index in [-0.39, 0.29) is 11.9 Å². The Labute approximate surface area is 89.5 Å². The molecule has 0 atom stereocenters. The molecule has 0 fully saturated rings. The maximum Gasteiger partial charge on any atom is 0.253 e. The summed E-state index contributed by atoms with van der Waals surface area (Å²) in [5, 5.41) is 0.647. The molecule has 0 spiro atoms. The lowest BCUT2D eigenvalue weighted by Crippen LogP contribution is -2.32. The predicted octanol–water partition coefficient (Wildman–Crippen LogP) is 2.82. The maximum absolute atomic E-state index is 11.8. The summed E-state index contributed by atoms with van der Waals surface area (Å²) < 4.78 is 0. The quantitative estimate of drug-likeness (QED) is 0.737. The van der Waals surface area contributed by atoms with Crippen LogP contribution in [0.2, 0.25) is 5.02 Å². The van der Waals surface area contributed by atoms with Crippen molar-refractivity contribution in [2.24, 2.45) is 0 Å². The molecule has 1 aromatic carbocycles. The van der Waals surface area contributed by atoms with E-state index in [0.717, 1.165) is 0 Å². The fraction of sp³-hybridized carbons (Fsp3) is 0.364. The van der Waals surface area contributed by atoms with Crippen molar-refractivity contribution in [3.05, 3.63) is 34.9 Å². The number of benzene rings is 1. The van der Waals surface area contributed by atoms with E-state index in [9.17, 15) is 4.79 Å². The topological polar surface area (TPSA) is 20.3 Å². The smallest absolute Gasteiger partial charge is 0.253 e. The highest BCUT2D eigenvalue weighted by Gasteiger charge is 2.13. The molecule has 76 valence electrons. The van der Waals surface area contributed by atoms with Crippen molar-refractivity contribution < 1.29 is 4.79 Å². The normalized spacial score (nSPS) is 10.4. The Morgan fingerprint density at radius 2 is 1.79 bits per heavy atom. The fourth-order valence-corrected chi connectivity index (χ4v) is 1.16. The van der Waals surface area contributed by atoms with Gasteiger partial charge in [0.05, 0.1) is 0 Å². The van der Waals surface area contributed by atoms with Crippen LogP contribution in [0.1, 0.15) is 24.2 Å². The van der Waals surface area contributed by atoms with Crippen molar-refractivity contribution in [3.8, 4) is 0 Å². The fourth-order valence-electron chi connectivity index (χ4n) is 1.03. The van der Waals surface area contributed by atoms with Gasteiger partial charge in [0.2, 0.25) is 0 Å². The van der Waals surface area contributed by atoms with Gasteiger partial charge in [-0.25, -0.2) is 0 Å². The Balaban J connectivity index is 2.84. The molecule has 2 nitrogen and oxygen atoms in total. The van der Waals surface area contributed by atoms with Gasteiger partial charge in [0.15, 0.2) is 0 Å². The lowest BCUT2D eigenvalue weighted by Gasteiger charge is -2.21. The lowest BCUT2D eigenvalue weighted by atomic mass is 10.2.